The van der Waals surface area contributed by atoms with Crippen molar-refractivity contribution in [1.82, 2.24) is 4.98 Å². The number of ether oxygens (including phenoxy) is 1. The molecule has 0 radical (unpaired) electrons. The molecule has 1 N–H and O–H groups in total. The number of rotatable bonds is 9. The normalized spacial score (nSPS) is 17.1. The minimum absolute atomic E-state index is 0.0455. The van der Waals surface area contributed by atoms with Crippen molar-refractivity contribution in [3.05, 3.63) is 71.1 Å². The second-order valence-electron chi connectivity index (χ2n) is 9.48. The molecule has 174 valence electrons. The van der Waals surface area contributed by atoms with Gasteiger partial charge in [-0.15, -0.1) is 0 Å². The molecule has 3 aromatic rings. The van der Waals surface area contributed by atoms with Crippen molar-refractivity contribution >= 4 is 5.97 Å². The van der Waals surface area contributed by atoms with Crippen LogP contribution in [0.5, 0.6) is 5.75 Å². The predicted octanol–water partition coefficient (Wildman–Crippen LogP) is 6.62. The number of oxazole rings is 1. The lowest BCUT2D eigenvalue weighted by atomic mass is 9.72. The van der Waals surface area contributed by atoms with E-state index in [1.54, 1.807) is 0 Å². The Hall–Kier alpha value is -3.08. The lowest BCUT2D eigenvalue weighted by Crippen LogP contribution is -2.32. The van der Waals surface area contributed by atoms with Gasteiger partial charge < -0.3 is 14.3 Å². The maximum Gasteiger partial charge on any atom is 0.309 e. The summed E-state index contributed by atoms with van der Waals surface area (Å²) in [6.45, 7) is 8.55. The van der Waals surface area contributed by atoms with Gasteiger partial charge in [0.1, 0.15) is 11.5 Å². The van der Waals surface area contributed by atoms with Gasteiger partial charge in [0.25, 0.3) is 0 Å². The van der Waals surface area contributed by atoms with Gasteiger partial charge in [-0.1, -0.05) is 45.0 Å². The number of carbonyl (C=O) groups is 1. The van der Waals surface area contributed by atoms with Gasteiger partial charge >= 0.3 is 5.97 Å². The summed E-state index contributed by atoms with van der Waals surface area (Å²) in [5.74, 6) is 1.94. The number of nitrogens with zero attached hydrogens (tertiary/aromatic N) is 1. The first-order valence-electron chi connectivity index (χ1n) is 11.9. The Bertz CT molecular complexity index is 1120. The van der Waals surface area contributed by atoms with Crippen LogP contribution in [0.2, 0.25) is 0 Å². The zero-order valence-electron chi connectivity index (χ0n) is 19.9. The predicted molar refractivity (Wildman–Crippen MR) is 129 cm³/mol. The summed E-state index contributed by atoms with van der Waals surface area (Å²) in [4.78, 5) is 16.7. The first-order chi connectivity index (χ1) is 15.8. The van der Waals surface area contributed by atoms with Gasteiger partial charge in [-0.25, -0.2) is 4.98 Å². The number of hydrogen-bond acceptors (Lipinski definition) is 4. The van der Waals surface area contributed by atoms with Crippen LogP contribution in [0.1, 0.15) is 75.0 Å². The molecule has 33 heavy (non-hydrogen) atoms. The van der Waals surface area contributed by atoms with Crippen LogP contribution >= 0.6 is 0 Å². The molecule has 2 unspecified atom stereocenters. The Morgan fingerprint density at radius 2 is 2.00 bits per heavy atom. The summed E-state index contributed by atoms with van der Waals surface area (Å²) in [6.07, 6.45) is 3.04. The topological polar surface area (TPSA) is 72.6 Å². The first kappa shape index (κ1) is 23.1. The number of fused-ring (bicyclic) bond motifs is 1. The highest BCUT2D eigenvalue weighted by Crippen LogP contribution is 2.48. The van der Waals surface area contributed by atoms with Crippen molar-refractivity contribution in [3.63, 3.8) is 0 Å². The first-order valence-corrected chi connectivity index (χ1v) is 11.9. The fraction of sp³-hybridized carbons (Fsp3) is 0.429. The number of aliphatic carboxylic acids is 1. The average molecular weight is 448 g/mol. The molecule has 0 bridgehead atoms. The van der Waals surface area contributed by atoms with Gasteiger partial charge in [0.2, 0.25) is 5.89 Å². The van der Waals surface area contributed by atoms with Crippen LogP contribution in [-0.2, 0) is 17.6 Å². The molecular weight excluding hydrogens is 414 g/mol. The molecule has 1 aliphatic rings. The standard InChI is InChI=1S/C28H33NO4/c1-5-28(4,27(30)31)23-14-11-20-17-21(12-13-22(20)23)32-16-15-24-25(18(2)3)33-26(29-24)19-9-7-6-8-10-19/h6-10,12-13,17-18,23H,5,11,14-16H2,1-4H3,(H,30,31). The van der Waals surface area contributed by atoms with Crippen LogP contribution in [0, 0.1) is 5.41 Å². The Labute approximate surface area is 195 Å². The highest BCUT2D eigenvalue weighted by Gasteiger charge is 2.43. The monoisotopic (exact) mass is 447 g/mol. The van der Waals surface area contributed by atoms with E-state index in [1.165, 1.54) is 5.56 Å². The van der Waals surface area contributed by atoms with Crippen LogP contribution in [0.15, 0.2) is 52.9 Å². The van der Waals surface area contributed by atoms with Gasteiger partial charge in [0.05, 0.1) is 17.7 Å². The van der Waals surface area contributed by atoms with Crippen LogP contribution in [0.3, 0.4) is 0 Å². The quantitative estimate of drug-likeness (QED) is 0.399. The zero-order chi connectivity index (χ0) is 23.6. The number of hydrogen-bond donors (Lipinski definition) is 1. The molecule has 1 aliphatic carbocycles. The number of aromatic nitrogens is 1. The molecule has 0 spiro atoms. The number of carboxylic acid groups (broad SMARTS) is 1. The molecule has 0 aliphatic heterocycles. The SMILES string of the molecule is CCC(C)(C(=O)O)C1CCc2cc(OCCc3nc(-c4ccccc4)oc3C(C)C)ccc21. The second kappa shape index (κ2) is 9.42. The van der Waals surface area contributed by atoms with E-state index >= 15 is 0 Å². The van der Waals surface area contributed by atoms with Gasteiger partial charge in [0, 0.05) is 23.8 Å². The highest BCUT2D eigenvalue weighted by molar-refractivity contribution is 5.76. The molecule has 0 fully saturated rings. The average Bonchev–Trinajstić information content (AvgIpc) is 3.43. The summed E-state index contributed by atoms with van der Waals surface area (Å²) in [5, 5.41) is 9.80. The molecule has 0 saturated heterocycles. The molecule has 0 saturated carbocycles. The van der Waals surface area contributed by atoms with E-state index in [-0.39, 0.29) is 11.8 Å². The van der Waals surface area contributed by atoms with Gasteiger partial charge in [-0.3, -0.25) is 4.79 Å². The number of benzene rings is 2. The van der Waals surface area contributed by atoms with Gasteiger partial charge in [-0.05, 0) is 61.6 Å². The Kier molecular flexibility index (Phi) is 6.59. The fourth-order valence-corrected chi connectivity index (χ4v) is 4.86. The molecule has 4 rings (SSSR count). The number of carboxylic acids is 1. The van der Waals surface area contributed by atoms with E-state index < -0.39 is 11.4 Å². The molecule has 1 heterocycles. The minimum atomic E-state index is -0.732. The van der Waals surface area contributed by atoms with Crippen molar-refractivity contribution in [2.75, 3.05) is 6.61 Å². The van der Waals surface area contributed by atoms with E-state index in [0.29, 0.717) is 25.3 Å². The highest BCUT2D eigenvalue weighted by atomic mass is 16.5. The summed E-state index contributed by atoms with van der Waals surface area (Å²) < 4.78 is 12.2. The zero-order valence-corrected chi connectivity index (χ0v) is 19.9. The second-order valence-corrected chi connectivity index (χ2v) is 9.48. The summed E-state index contributed by atoms with van der Waals surface area (Å²) in [5.41, 5.74) is 3.53. The van der Waals surface area contributed by atoms with Crippen molar-refractivity contribution < 1.29 is 19.1 Å². The van der Waals surface area contributed by atoms with Gasteiger partial charge in [-0.2, -0.15) is 0 Å². The summed E-state index contributed by atoms with van der Waals surface area (Å²) in [7, 11) is 0. The molecule has 5 heteroatoms. The van der Waals surface area contributed by atoms with E-state index in [9.17, 15) is 9.90 Å². The van der Waals surface area contributed by atoms with E-state index in [0.717, 1.165) is 41.2 Å². The van der Waals surface area contributed by atoms with E-state index in [4.69, 9.17) is 14.1 Å². The van der Waals surface area contributed by atoms with Crippen LogP contribution in [0.4, 0.5) is 0 Å². The molecule has 1 aromatic heterocycles. The summed E-state index contributed by atoms with van der Waals surface area (Å²) >= 11 is 0. The largest absolute Gasteiger partial charge is 0.493 e. The van der Waals surface area contributed by atoms with Gasteiger partial charge in [0.15, 0.2) is 0 Å². The van der Waals surface area contributed by atoms with Crippen LogP contribution in [-0.4, -0.2) is 22.7 Å². The maximum absolute atomic E-state index is 11.9. The van der Waals surface area contributed by atoms with Crippen molar-refractivity contribution in [3.8, 4) is 17.2 Å². The third-order valence-electron chi connectivity index (χ3n) is 7.06. The van der Waals surface area contributed by atoms with Crippen molar-refractivity contribution in [2.45, 2.75) is 65.2 Å². The fourth-order valence-electron chi connectivity index (χ4n) is 4.86. The van der Waals surface area contributed by atoms with Crippen molar-refractivity contribution in [1.29, 1.82) is 0 Å². The third-order valence-corrected chi connectivity index (χ3v) is 7.06. The van der Waals surface area contributed by atoms with Crippen LogP contribution < -0.4 is 4.74 Å². The molecule has 2 atom stereocenters. The molecular formula is C28H33NO4. The Morgan fingerprint density at radius 3 is 2.67 bits per heavy atom. The molecule has 0 amide bonds. The minimum Gasteiger partial charge on any atom is -0.493 e. The lowest BCUT2D eigenvalue weighted by molar-refractivity contribution is -0.149. The molecule has 2 aromatic carbocycles. The van der Waals surface area contributed by atoms with Crippen molar-refractivity contribution in [2.24, 2.45) is 5.41 Å². The summed E-state index contributed by atoms with van der Waals surface area (Å²) in [6, 6.07) is 16.1. The molecule has 5 nitrogen and oxygen atoms in total. The van der Waals surface area contributed by atoms with E-state index in [2.05, 4.69) is 26.0 Å². The Morgan fingerprint density at radius 1 is 1.24 bits per heavy atom. The Balaban J connectivity index is 1.45. The smallest absolute Gasteiger partial charge is 0.309 e. The third kappa shape index (κ3) is 4.54. The van der Waals surface area contributed by atoms with Crippen LogP contribution in [0.25, 0.3) is 11.5 Å². The number of aryl methyl sites for hydroxylation is 1. The lowest BCUT2D eigenvalue weighted by Gasteiger charge is -2.31. The van der Waals surface area contributed by atoms with E-state index in [1.807, 2.05) is 50.2 Å². The maximum atomic E-state index is 11.9.